The second-order valence-electron chi connectivity index (χ2n) is 3.49. The predicted octanol–water partition coefficient (Wildman–Crippen LogP) is 3.07. The smallest absolute Gasteiger partial charge is 0.330 e. The lowest BCUT2D eigenvalue weighted by molar-refractivity contribution is 0.162. The van der Waals surface area contributed by atoms with Crippen molar-refractivity contribution in [2.75, 3.05) is 32.6 Å². The first-order chi connectivity index (χ1) is 8.18. The van der Waals surface area contributed by atoms with E-state index in [4.69, 9.17) is 20.2 Å². The molecular weight excluding hydrogens is 239 g/mol. The highest BCUT2D eigenvalue weighted by Crippen LogP contribution is 2.48. The highest BCUT2D eigenvalue weighted by Gasteiger charge is 2.22. The van der Waals surface area contributed by atoms with Crippen molar-refractivity contribution in [3.05, 3.63) is 0 Å². The molecule has 0 fully saturated rings. The molecule has 0 N–H and O–H groups in total. The van der Waals surface area contributed by atoms with Crippen LogP contribution in [0.15, 0.2) is 0 Å². The number of terminal acetylenes is 1. The first kappa shape index (κ1) is 16.7. The number of ether oxygens (including phenoxy) is 1. The summed E-state index contributed by atoms with van der Waals surface area (Å²) in [6.45, 7) is 5.48. The monoisotopic (exact) mass is 262 g/mol. The van der Waals surface area contributed by atoms with Crippen LogP contribution in [0.25, 0.3) is 0 Å². The molecule has 0 amide bonds. The maximum absolute atomic E-state index is 12.0. The van der Waals surface area contributed by atoms with Gasteiger partial charge in [0.25, 0.3) is 0 Å². The molecule has 0 bridgehead atoms. The van der Waals surface area contributed by atoms with Gasteiger partial charge in [-0.3, -0.25) is 4.57 Å². The van der Waals surface area contributed by atoms with Gasteiger partial charge in [0.2, 0.25) is 0 Å². The fourth-order valence-electron chi connectivity index (χ4n) is 1.38. The van der Waals surface area contributed by atoms with Crippen molar-refractivity contribution in [2.45, 2.75) is 33.1 Å². The topological polar surface area (TPSA) is 44.8 Å². The third kappa shape index (κ3) is 9.38. The van der Waals surface area contributed by atoms with E-state index >= 15 is 0 Å². The Kier molecular flexibility index (Phi) is 10.6. The lowest BCUT2D eigenvalue weighted by Gasteiger charge is -2.16. The van der Waals surface area contributed by atoms with E-state index in [0.29, 0.717) is 32.6 Å². The summed E-state index contributed by atoms with van der Waals surface area (Å²) in [5.41, 5.74) is 0. The third-order valence-electron chi connectivity index (χ3n) is 2.06. The summed E-state index contributed by atoms with van der Waals surface area (Å²) in [5, 5.41) is 0. The van der Waals surface area contributed by atoms with Crippen molar-refractivity contribution in [3.63, 3.8) is 0 Å². The molecule has 0 aliphatic carbocycles. The zero-order valence-corrected chi connectivity index (χ0v) is 11.7. The Morgan fingerprint density at radius 3 is 2.29 bits per heavy atom. The quantitative estimate of drug-likeness (QED) is 0.326. The molecule has 5 heteroatoms. The van der Waals surface area contributed by atoms with Gasteiger partial charge in [-0.05, 0) is 26.7 Å². The minimum Gasteiger partial charge on any atom is -0.369 e. The molecule has 0 heterocycles. The van der Waals surface area contributed by atoms with E-state index in [2.05, 4.69) is 5.92 Å². The predicted molar refractivity (Wildman–Crippen MR) is 69.2 cm³/mol. The molecule has 4 nitrogen and oxygen atoms in total. The Morgan fingerprint density at radius 2 is 1.76 bits per heavy atom. The van der Waals surface area contributed by atoms with Crippen LogP contribution in [0.4, 0.5) is 0 Å². The summed E-state index contributed by atoms with van der Waals surface area (Å²) in [6, 6.07) is 0. The molecular formula is C12H23O4P. The average molecular weight is 262 g/mol. The zero-order valence-electron chi connectivity index (χ0n) is 10.8. The van der Waals surface area contributed by atoms with Gasteiger partial charge in [-0.15, -0.1) is 6.42 Å². The van der Waals surface area contributed by atoms with Gasteiger partial charge in [0.1, 0.15) is 6.61 Å². The van der Waals surface area contributed by atoms with Crippen molar-refractivity contribution < 1.29 is 18.3 Å². The molecule has 0 aliphatic heterocycles. The van der Waals surface area contributed by atoms with Gasteiger partial charge in [0.05, 0.1) is 19.4 Å². The van der Waals surface area contributed by atoms with E-state index in [-0.39, 0.29) is 0 Å². The molecule has 0 unspecified atom stereocenters. The molecule has 0 aromatic carbocycles. The molecule has 0 aromatic rings. The molecule has 0 atom stereocenters. The van der Waals surface area contributed by atoms with Crippen LogP contribution in [0, 0.1) is 12.3 Å². The summed E-state index contributed by atoms with van der Waals surface area (Å²) < 4.78 is 27.6. The van der Waals surface area contributed by atoms with Crippen LogP contribution >= 0.6 is 7.60 Å². The van der Waals surface area contributed by atoms with Gasteiger partial charge >= 0.3 is 7.60 Å². The van der Waals surface area contributed by atoms with Gasteiger partial charge in [0, 0.05) is 6.61 Å². The second kappa shape index (κ2) is 10.8. The Hall–Kier alpha value is -0.330. The molecule has 0 saturated carbocycles. The van der Waals surface area contributed by atoms with Gasteiger partial charge in [-0.25, -0.2) is 0 Å². The largest absolute Gasteiger partial charge is 0.369 e. The summed E-state index contributed by atoms with van der Waals surface area (Å²) in [6.07, 6.45) is 8.20. The Bertz CT molecular complexity index is 250. The zero-order chi connectivity index (χ0) is 13.0. The molecule has 0 saturated heterocycles. The number of hydrogen-bond acceptors (Lipinski definition) is 4. The van der Waals surface area contributed by atoms with Crippen LogP contribution in [0.2, 0.25) is 0 Å². The molecule has 17 heavy (non-hydrogen) atoms. The minimum absolute atomic E-state index is 0.358. The molecule has 0 aliphatic rings. The van der Waals surface area contributed by atoms with Crippen molar-refractivity contribution in [1.82, 2.24) is 0 Å². The van der Waals surface area contributed by atoms with Crippen LogP contribution < -0.4 is 0 Å². The summed E-state index contributed by atoms with van der Waals surface area (Å²) in [7, 11) is -2.85. The molecule has 0 radical (unpaired) electrons. The van der Waals surface area contributed by atoms with E-state index in [9.17, 15) is 4.57 Å². The highest BCUT2D eigenvalue weighted by atomic mass is 31.2. The first-order valence-corrected chi connectivity index (χ1v) is 7.80. The van der Waals surface area contributed by atoms with Gasteiger partial charge < -0.3 is 13.8 Å². The van der Waals surface area contributed by atoms with Crippen molar-refractivity contribution >= 4 is 7.60 Å². The van der Waals surface area contributed by atoms with E-state index in [1.807, 2.05) is 13.8 Å². The maximum Gasteiger partial charge on any atom is 0.330 e. The van der Waals surface area contributed by atoms with Crippen LogP contribution in [0.1, 0.15) is 33.1 Å². The van der Waals surface area contributed by atoms with Crippen LogP contribution in [-0.2, 0) is 18.3 Å². The van der Waals surface area contributed by atoms with Gasteiger partial charge in [0.15, 0.2) is 0 Å². The lowest BCUT2D eigenvalue weighted by Crippen LogP contribution is -2.01. The maximum atomic E-state index is 12.0. The van der Waals surface area contributed by atoms with Crippen molar-refractivity contribution in [1.29, 1.82) is 0 Å². The van der Waals surface area contributed by atoms with E-state index < -0.39 is 7.60 Å². The Morgan fingerprint density at radius 1 is 1.12 bits per heavy atom. The van der Waals surface area contributed by atoms with E-state index in [1.165, 1.54) is 0 Å². The number of unbranched alkanes of at least 4 members (excludes halogenated alkanes) is 2. The second-order valence-corrected chi connectivity index (χ2v) is 5.67. The normalized spacial score (nSPS) is 11.4. The minimum atomic E-state index is -2.85. The summed E-state index contributed by atoms with van der Waals surface area (Å²) in [5.74, 6) is 2.41. The molecule has 0 rings (SSSR count). The number of rotatable bonds is 11. The average Bonchev–Trinajstić information content (AvgIpc) is 2.28. The van der Waals surface area contributed by atoms with Gasteiger partial charge in [-0.1, -0.05) is 12.3 Å². The molecule has 0 aromatic heterocycles. The highest BCUT2D eigenvalue weighted by molar-refractivity contribution is 7.53. The third-order valence-corrected chi connectivity index (χ3v) is 4.22. The standard InChI is InChI=1S/C12H23O4P/c1-4-10-14-11-8-7-9-12-17(13,15-5-2)16-6-3/h1H,5-12H2,2-3H3. The molecule has 0 spiro atoms. The van der Waals surface area contributed by atoms with Gasteiger partial charge in [-0.2, -0.15) is 0 Å². The van der Waals surface area contributed by atoms with Crippen LogP contribution in [-0.4, -0.2) is 32.6 Å². The summed E-state index contributed by atoms with van der Waals surface area (Å²) in [4.78, 5) is 0. The van der Waals surface area contributed by atoms with Crippen molar-refractivity contribution in [2.24, 2.45) is 0 Å². The lowest BCUT2D eigenvalue weighted by atomic mass is 10.3. The SMILES string of the molecule is C#CCOCCCCCP(=O)(OCC)OCC. The Balaban J connectivity index is 3.62. The van der Waals surface area contributed by atoms with Crippen LogP contribution in [0.5, 0.6) is 0 Å². The van der Waals surface area contributed by atoms with Crippen molar-refractivity contribution in [3.8, 4) is 12.3 Å². The summed E-state index contributed by atoms with van der Waals surface area (Å²) >= 11 is 0. The molecule has 100 valence electrons. The van der Waals surface area contributed by atoms with E-state index in [1.54, 1.807) is 0 Å². The Labute approximate surface area is 105 Å². The first-order valence-electron chi connectivity index (χ1n) is 6.08. The van der Waals surface area contributed by atoms with Crippen LogP contribution in [0.3, 0.4) is 0 Å². The van der Waals surface area contributed by atoms with E-state index in [0.717, 1.165) is 19.3 Å². The fraction of sp³-hybridized carbons (Fsp3) is 0.833. The fourth-order valence-corrected chi connectivity index (χ4v) is 3.11. The number of hydrogen-bond donors (Lipinski definition) is 0.